The summed E-state index contributed by atoms with van der Waals surface area (Å²) in [6.45, 7) is 6.53. The Balaban J connectivity index is 1.49. The van der Waals surface area contributed by atoms with Gasteiger partial charge < -0.3 is 30.1 Å². The molecule has 3 amide bonds. The van der Waals surface area contributed by atoms with E-state index in [1.807, 2.05) is 44.2 Å². The summed E-state index contributed by atoms with van der Waals surface area (Å²) in [5.74, 6) is -1.91. The van der Waals surface area contributed by atoms with Gasteiger partial charge in [0.2, 0.25) is 17.7 Å². The van der Waals surface area contributed by atoms with E-state index >= 15 is 0 Å². The lowest BCUT2D eigenvalue weighted by molar-refractivity contribution is -0.149. The minimum atomic E-state index is -1.16. The van der Waals surface area contributed by atoms with Crippen LogP contribution in [0.4, 0.5) is 5.69 Å². The first-order valence-electron chi connectivity index (χ1n) is 14.8. The predicted molar refractivity (Wildman–Crippen MR) is 154 cm³/mol. The molecule has 1 spiro atoms. The Kier molecular flexibility index (Phi) is 8.38. The lowest BCUT2D eigenvalue weighted by atomic mass is 9.66. The predicted octanol–water partition coefficient (Wildman–Crippen LogP) is 3.83. The summed E-state index contributed by atoms with van der Waals surface area (Å²) >= 11 is 0. The maximum Gasteiger partial charge on any atom is 0.245 e. The average molecular weight is 564 g/mol. The smallest absolute Gasteiger partial charge is 0.245 e. The molecular formula is C32H41N3O6. The molecule has 9 nitrogen and oxygen atoms in total. The van der Waals surface area contributed by atoms with E-state index < -0.39 is 35.1 Å². The highest BCUT2D eigenvalue weighted by atomic mass is 16.5. The number of hydrogen-bond acceptors (Lipinski definition) is 6. The number of aliphatic hydroxyl groups excluding tert-OH is 1. The molecule has 2 unspecified atom stereocenters. The van der Waals surface area contributed by atoms with Gasteiger partial charge in [0.25, 0.3) is 0 Å². The number of unbranched alkanes of at least 4 members (excludes halogenated alkanes) is 2. The molecule has 2 aromatic carbocycles. The number of benzene rings is 2. The van der Waals surface area contributed by atoms with Crippen LogP contribution >= 0.6 is 0 Å². The van der Waals surface area contributed by atoms with Gasteiger partial charge in [-0.1, -0.05) is 50.1 Å². The molecule has 0 aliphatic carbocycles. The number of carbonyl (C=O) groups is 3. The number of nitrogens with zero attached hydrogens (tertiary/aromatic N) is 1. The van der Waals surface area contributed by atoms with E-state index in [4.69, 9.17) is 9.47 Å². The monoisotopic (exact) mass is 563 g/mol. The number of aliphatic hydroxyl groups is 1. The molecule has 2 bridgehead atoms. The lowest BCUT2D eigenvalue weighted by Gasteiger charge is -2.37. The van der Waals surface area contributed by atoms with Crippen molar-refractivity contribution in [3.63, 3.8) is 0 Å². The van der Waals surface area contributed by atoms with Crippen molar-refractivity contribution in [1.82, 2.24) is 10.2 Å². The lowest BCUT2D eigenvalue weighted by Crippen LogP contribution is -2.56. The van der Waals surface area contributed by atoms with Gasteiger partial charge in [-0.25, -0.2) is 0 Å². The van der Waals surface area contributed by atoms with Gasteiger partial charge in [-0.2, -0.15) is 0 Å². The zero-order valence-corrected chi connectivity index (χ0v) is 24.1. The van der Waals surface area contributed by atoms with Crippen molar-refractivity contribution in [3.8, 4) is 5.75 Å². The van der Waals surface area contributed by atoms with Crippen LogP contribution in [0.25, 0.3) is 0 Å². The van der Waals surface area contributed by atoms with Gasteiger partial charge in [0.1, 0.15) is 17.4 Å². The molecule has 3 aliphatic rings. The summed E-state index contributed by atoms with van der Waals surface area (Å²) in [6.07, 6.45) is 3.84. The summed E-state index contributed by atoms with van der Waals surface area (Å²) in [5, 5.41) is 16.6. The van der Waals surface area contributed by atoms with Gasteiger partial charge in [-0.3, -0.25) is 14.4 Å². The summed E-state index contributed by atoms with van der Waals surface area (Å²) in [4.78, 5) is 43.7. The molecule has 6 atom stereocenters. The zero-order valence-electron chi connectivity index (χ0n) is 24.1. The highest BCUT2D eigenvalue weighted by Crippen LogP contribution is 2.64. The van der Waals surface area contributed by atoms with Crippen LogP contribution in [0.2, 0.25) is 0 Å². The van der Waals surface area contributed by atoms with Crippen LogP contribution in [-0.4, -0.2) is 64.7 Å². The molecule has 220 valence electrons. The van der Waals surface area contributed by atoms with Crippen molar-refractivity contribution in [1.29, 1.82) is 0 Å². The molecule has 3 N–H and O–H groups in total. The fraction of sp³-hybridized carbons (Fsp3) is 0.531. The van der Waals surface area contributed by atoms with Crippen molar-refractivity contribution in [2.75, 3.05) is 25.1 Å². The minimum absolute atomic E-state index is 0.303. The number of likely N-dealkylation sites (tertiary alicyclic amines) is 1. The Morgan fingerprint density at radius 1 is 1.07 bits per heavy atom. The van der Waals surface area contributed by atoms with Crippen LogP contribution in [-0.2, 0) is 19.1 Å². The van der Waals surface area contributed by atoms with Gasteiger partial charge in [0.05, 0.1) is 36.7 Å². The van der Waals surface area contributed by atoms with Gasteiger partial charge in [0.15, 0.2) is 0 Å². The van der Waals surface area contributed by atoms with Crippen LogP contribution < -0.4 is 15.4 Å². The Morgan fingerprint density at radius 2 is 1.80 bits per heavy atom. The van der Waals surface area contributed by atoms with Gasteiger partial charge in [0, 0.05) is 12.2 Å². The molecule has 9 heteroatoms. The fourth-order valence-electron chi connectivity index (χ4n) is 7.13. The Labute approximate surface area is 241 Å². The number of carbonyl (C=O) groups excluding carboxylic acids is 3. The fourth-order valence-corrected chi connectivity index (χ4v) is 7.13. The topological polar surface area (TPSA) is 117 Å². The second kappa shape index (κ2) is 11.8. The van der Waals surface area contributed by atoms with Crippen molar-refractivity contribution in [2.45, 2.75) is 76.2 Å². The van der Waals surface area contributed by atoms with E-state index in [0.29, 0.717) is 37.4 Å². The number of fused-ring (bicyclic) bond motifs is 1. The highest BCUT2D eigenvalue weighted by Gasteiger charge is 2.78. The largest absolute Gasteiger partial charge is 0.494 e. The molecule has 3 aliphatic heterocycles. The third-order valence-electron chi connectivity index (χ3n) is 8.95. The van der Waals surface area contributed by atoms with Gasteiger partial charge in [-0.15, -0.1) is 0 Å². The Hall–Kier alpha value is -3.43. The number of amides is 3. The normalized spacial score (nSPS) is 28.8. The second-order valence-electron chi connectivity index (χ2n) is 11.5. The number of anilines is 1. The number of ether oxygens (including phenoxy) is 2. The molecule has 0 radical (unpaired) electrons. The van der Waals surface area contributed by atoms with Gasteiger partial charge in [-0.05, 0) is 62.9 Å². The third kappa shape index (κ3) is 5.10. The Morgan fingerprint density at radius 3 is 2.46 bits per heavy atom. The van der Waals surface area contributed by atoms with Crippen molar-refractivity contribution in [3.05, 3.63) is 60.2 Å². The molecule has 0 saturated carbocycles. The molecule has 3 saturated heterocycles. The second-order valence-corrected chi connectivity index (χ2v) is 11.5. The minimum Gasteiger partial charge on any atom is -0.494 e. The maximum atomic E-state index is 14.4. The first-order valence-corrected chi connectivity index (χ1v) is 14.8. The van der Waals surface area contributed by atoms with Crippen LogP contribution in [0.3, 0.4) is 0 Å². The molecule has 2 aromatic rings. The average Bonchev–Trinajstić information content (AvgIpc) is 3.54. The van der Waals surface area contributed by atoms with Crippen molar-refractivity contribution < 1.29 is 29.0 Å². The number of nitrogens with one attached hydrogen (secondary N) is 2. The first-order chi connectivity index (χ1) is 19.8. The highest BCUT2D eigenvalue weighted by molar-refractivity contribution is 6.02. The molecule has 0 aromatic heterocycles. The first kappa shape index (κ1) is 29.1. The van der Waals surface area contributed by atoms with Crippen LogP contribution in [0.15, 0.2) is 54.6 Å². The summed E-state index contributed by atoms with van der Waals surface area (Å²) in [7, 11) is 0. The number of hydrogen-bond donors (Lipinski definition) is 3. The van der Waals surface area contributed by atoms with E-state index in [2.05, 4.69) is 17.6 Å². The van der Waals surface area contributed by atoms with Crippen molar-refractivity contribution in [2.24, 2.45) is 11.8 Å². The van der Waals surface area contributed by atoms with Crippen molar-refractivity contribution >= 4 is 23.4 Å². The summed E-state index contributed by atoms with van der Waals surface area (Å²) in [6, 6.07) is 14.6. The summed E-state index contributed by atoms with van der Waals surface area (Å²) in [5.41, 5.74) is -0.753. The van der Waals surface area contributed by atoms with Crippen LogP contribution in [0.1, 0.15) is 64.5 Å². The third-order valence-corrected chi connectivity index (χ3v) is 8.95. The Bertz CT molecular complexity index is 1250. The molecule has 3 heterocycles. The van der Waals surface area contributed by atoms with E-state index in [0.717, 1.165) is 24.8 Å². The molecule has 41 heavy (non-hydrogen) atoms. The SMILES string of the molecule is CCCCCNC(=O)C1N([C@H](CO)c2ccccc2)C(=O)[C@@H]2[C@H](C(=O)Nc3ccc(OCC)cc3)[C@]3(C)CCC12O3. The standard InChI is InChI=1S/C32H41N3O6/c1-4-6-10-19-33-29(38)27-32-18-17-31(3,41-32)25(28(37)34-22-13-15-23(16-14-22)40-5-2)26(32)30(39)35(27)24(20-36)21-11-8-7-9-12-21/h7-9,11-16,24-27,36H,4-6,10,17-20H2,1-3H3,(H,33,38)(H,34,37)/t24-,25-,26+,27?,31+,32?/m1/s1. The quantitative estimate of drug-likeness (QED) is 0.338. The van der Waals surface area contributed by atoms with Crippen LogP contribution in [0, 0.1) is 11.8 Å². The van der Waals surface area contributed by atoms with E-state index in [1.54, 1.807) is 24.3 Å². The molecule has 3 fully saturated rings. The molecule has 5 rings (SSSR count). The molecular weight excluding hydrogens is 522 g/mol. The van der Waals surface area contributed by atoms with Crippen LogP contribution in [0.5, 0.6) is 5.75 Å². The number of rotatable bonds is 12. The van der Waals surface area contributed by atoms with E-state index in [1.165, 1.54) is 4.90 Å². The summed E-state index contributed by atoms with van der Waals surface area (Å²) < 4.78 is 12.2. The maximum absolute atomic E-state index is 14.4. The zero-order chi connectivity index (χ0) is 29.2. The van der Waals surface area contributed by atoms with E-state index in [-0.39, 0.29) is 24.3 Å². The van der Waals surface area contributed by atoms with Gasteiger partial charge >= 0.3 is 0 Å². The van der Waals surface area contributed by atoms with E-state index in [9.17, 15) is 19.5 Å².